The Hall–Kier alpha value is -1.94. The highest BCUT2D eigenvalue weighted by Crippen LogP contribution is 2.21. The molecule has 0 aliphatic rings. The summed E-state index contributed by atoms with van der Waals surface area (Å²) in [5.74, 6) is 0.138. The quantitative estimate of drug-likeness (QED) is 0.734. The van der Waals surface area contributed by atoms with Crippen LogP contribution in [0.2, 0.25) is 0 Å². The Kier molecular flexibility index (Phi) is 2.98. The van der Waals surface area contributed by atoms with Gasteiger partial charge in [-0.25, -0.2) is 14.4 Å². The molecule has 8 nitrogen and oxygen atoms in total. The molecule has 0 bridgehead atoms. The molecule has 0 fully saturated rings. The summed E-state index contributed by atoms with van der Waals surface area (Å²) < 4.78 is 28.2. The van der Waals surface area contributed by atoms with Crippen LogP contribution in [0.5, 0.6) is 0 Å². The fourth-order valence-electron chi connectivity index (χ4n) is 1.78. The molecule has 3 rings (SSSR count). The van der Waals surface area contributed by atoms with Crippen molar-refractivity contribution in [3.63, 3.8) is 0 Å². The van der Waals surface area contributed by atoms with E-state index in [4.69, 9.17) is 0 Å². The standard InChI is InChI=1S/C10H9BrN6O2S/c1-17-9(8(11)14-16-17)20(18,19)15-10-12-6-4-2-3-5-7(6)13-10/h2-5H,1H3,(H2,12,13,15). The maximum Gasteiger partial charge on any atom is 0.284 e. The van der Waals surface area contributed by atoms with Gasteiger partial charge in [-0.15, -0.1) is 5.10 Å². The van der Waals surface area contributed by atoms with E-state index >= 15 is 0 Å². The first-order chi connectivity index (χ1) is 9.47. The van der Waals surface area contributed by atoms with Crippen molar-refractivity contribution in [2.45, 2.75) is 5.03 Å². The van der Waals surface area contributed by atoms with Gasteiger partial charge in [0.25, 0.3) is 10.0 Å². The van der Waals surface area contributed by atoms with Gasteiger partial charge in [-0.1, -0.05) is 17.3 Å². The number of hydrogen-bond acceptors (Lipinski definition) is 5. The molecule has 0 aliphatic carbocycles. The second kappa shape index (κ2) is 4.56. The fraction of sp³-hybridized carbons (Fsp3) is 0.100. The average Bonchev–Trinajstić information content (AvgIpc) is 2.91. The molecule has 10 heteroatoms. The van der Waals surface area contributed by atoms with E-state index in [1.807, 2.05) is 18.2 Å². The number of imidazole rings is 1. The maximum atomic E-state index is 12.3. The summed E-state index contributed by atoms with van der Waals surface area (Å²) in [5.41, 5.74) is 1.42. The van der Waals surface area contributed by atoms with E-state index in [-0.39, 0.29) is 15.6 Å². The molecule has 0 amide bonds. The van der Waals surface area contributed by atoms with Crippen LogP contribution in [0.15, 0.2) is 33.9 Å². The molecule has 2 aromatic heterocycles. The highest BCUT2D eigenvalue weighted by atomic mass is 79.9. The van der Waals surface area contributed by atoms with Crippen LogP contribution in [0.3, 0.4) is 0 Å². The molecule has 104 valence electrons. The summed E-state index contributed by atoms with van der Waals surface area (Å²) in [6.45, 7) is 0. The number of anilines is 1. The van der Waals surface area contributed by atoms with Crippen molar-refractivity contribution in [2.24, 2.45) is 7.05 Å². The summed E-state index contributed by atoms with van der Waals surface area (Å²) in [6, 6.07) is 7.25. The van der Waals surface area contributed by atoms with Crippen molar-refractivity contribution in [1.29, 1.82) is 0 Å². The summed E-state index contributed by atoms with van der Waals surface area (Å²) in [5, 5.41) is 7.21. The Labute approximate surface area is 122 Å². The summed E-state index contributed by atoms with van der Waals surface area (Å²) in [6.07, 6.45) is 0. The van der Waals surface area contributed by atoms with Crippen LogP contribution in [-0.2, 0) is 17.1 Å². The number of halogens is 1. The number of benzene rings is 1. The van der Waals surface area contributed by atoms with Gasteiger partial charge in [0.15, 0.2) is 4.60 Å². The highest BCUT2D eigenvalue weighted by Gasteiger charge is 2.25. The second-order valence-electron chi connectivity index (χ2n) is 4.02. The van der Waals surface area contributed by atoms with Crippen molar-refractivity contribution in [2.75, 3.05) is 4.72 Å². The Balaban J connectivity index is 2.01. The number of nitrogens with zero attached hydrogens (tertiary/aromatic N) is 4. The first kappa shape index (κ1) is 13.1. The van der Waals surface area contributed by atoms with Crippen LogP contribution in [-0.4, -0.2) is 33.4 Å². The number of nitrogens with one attached hydrogen (secondary N) is 2. The van der Waals surface area contributed by atoms with E-state index in [1.165, 1.54) is 7.05 Å². The van der Waals surface area contributed by atoms with Crippen molar-refractivity contribution in [3.8, 4) is 0 Å². The van der Waals surface area contributed by atoms with Crippen LogP contribution >= 0.6 is 15.9 Å². The van der Waals surface area contributed by atoms with Crippen LogP contribution < -0.4 is 4.72 Å². The number of sulfonamides is 1. The molecule has 0 atom stereocenters. The van der Waals surface area contributed by atoms with Crippen molar-refractivity contribution >= 4 is 42.9 Å². The Morgan fingerprint density at radius 3 is 2.75 bits per heavy atom. The Morgan fingerprint density at radius 2 is 2.10 bits per heavy atom. The van der Waals surface area contributed by atoms with E-state index in [2.05, 4.69) is 40.9 Å². The summed E-state index contributed by atoms with van der Waals surface area (Å²) in [4.78, 5) is 7.04. The molecule has 0 radical (unpaired) electrons. The average molecular weight is 357 g/mol. The molecule has 0 saturated heterocycles. The molecule has 1 aromatic carbocycles. The number of aryl methyl sites for hydroxylation is 1. The lowest BCUT2D eigenvalue weighted by Crippen LogP contribution is -2.17. The zero-order valence-corrected chi connectivity index (χ0v) is 12.6. The largest absolute Gasteiger partial charge is 0.323 e. The fourth-order valence-corrected chi connectivity index (χ4v) is 3.85. The zero-order valence-electron chi connectivity index (χ0n) is 10.2. The van der Waals surface area contributed by atoms with Crippen LogP contribution in [0.4, 0.5) is 5.95 Å². The third kappa shape index (κ3) is 2.16. The molecule has 20 heavy (non-hydrogen) atoms. The number of aromatic nitrogens is 5. The number of H-pyrrole nitrogens is 1. The van der Waals surface area contributed by atoms with E-state index in [0.29, 0.717) is 5.52 Å². The third-order valence-electron chi connectivity index (χ3n) is 2.61. The summed E-state index contributed by atoms with van der Waals surface area (Å²) in [7, 11) is -2.34. The number of fused-ring (bicyclic) bond motifs is 1. The van der Waals surface area contributed by atoms with Crippen molar-refractivity contribution in [1.82, 2.24) is 25.0 Å². The lowest BCUT2D eigenvalue weighted by molar-refractivity contribution is 0.578. The van der Waals surface area contributed by atoms with Crippen LogP contribution in [0.25, 0.3) is 11.0 Å². The van der Waals surface area contributed by atoms with Gasteiger partial charge in [-0.2, -0.15) is 8.42 Å². The van der Waals surface area contributed by atoms with Gasteiger partial charge in [0.1, 0.15) is 0 Å². The van der Waals surface area contributed by atoms with E-state index in [9.17, 15) is 8.42 Å². The molecule has 0 saturated carbocycles. The molecule has 3 aromatic rings. The smallest absolute Gasteiger partial charge is 0.284 e. The molecule has 0 unspecified atom stereocenters. The Bertz CT molecular complexity index is 832. The second-order valence-corrected chi connectivity index (χ2v) is 6.37. The molecule has 0 aliphatic heterocycles. The number of rotatable bonds is 3. The van der Waals surface area contributed by atoms with E-state index in [0.717, 1.165) is 10.2 Å². The third-order valence-corrected chi connectivity index (χ3v) is 4.84. The van der Waals surface area contributed by atoms with Gasteiger partial charge >= 0.3 is 0 Å². The molecule has 0 spiro atoms. The van der Waals surface area contributed by atoms with Crippen molar-refractivity contribution < 1.29 is 8.42 Å². The van der Waals surface area contributed by atoms with Gasteiger partial charge in [0, 0.05) is 7.05 Å². The summed E-state index contributed by atoms with van der Waals surface area (Å²) >= 11 is 3.06. The van der Waals surface area contributed by atoms with Gasteiger partial charge in [0.2, 0.25) is 11.0 Å². The van der Waals surface area contributed by atoms with Gasteiger partial charge in [-0.3, -0.25) is 0 Å². The Morgan fingerprint density at radius 1 is 1.35 bits per heavy atom. The first-order valence-electron chi connectivity index (χ1n) is 5.50. The number of hydrogen-bond donors (Lipinski definition) is 2. The molecular weight excluding hydrogens is 348 g/mol. The van der Waals surface area contributed by atoms with Gasteiger partial charge in [0.05, 0.1) is 11.0 Å². The normalized spacial score (nSPS) is 11.9. The molecule has 2 N–H and O–H groups in total. The minimum Gasteiger partial charge on any atom is -0.323 e. The van der Waals surface area contributed by atoms with Gasteiger partial charge < -0.3 is 4.98 Å². The van der Waals surface area contributed by atoms with Crippen molar-refractivity contribution in [3.05, 3.63) is 28.9 Å². The van der Waals surface area contributed by atoms with Crippen LogP contribution in [0.1, 0.15) is 0 Å². The zero-order chi connectivity index (χ0) is 14.3. The predicted octanol–water partition coefficient (Wildman–Crippen LogP) is 1.25. The maximum absolute atomic E-state index is 12.3. The topological polar surface area (TPSA) is 106 Å². The molecular formula is C10H9BrN6O2S. The minimum absolute atomic E-state index is 0.0713. The first-order valence-corrected chi connectivity index (χ1v) is 7.78. The van der Waals surface area contributed by atoms with Crippen LogP contribution in [0, 0.1) is 0 Å². The minimum atomic E-state index is -3.83. The number of aromatic amines is 1. The SMILES string of the molecule is Cn1nnc(Br)c1S(=O)(=O)Nc1nc2ccccc2[nH]1. The lowest BCUT2D eigenvalue weighted by Gasteiger charge is -2.04. The lowest BCUT2D eigenvalue weighted by atomic mass is 10.3. The highest BCUT2D eigenvalue weighted by molar-refractivity contribution is 9.10. The van der Waals surface area contributed by atoms with E-state index < -0.39 is 10.0 Å². The van der Waals surface area contributed by atoms with Gasteiger partial charge in [-0.05, 0) is 28.1 Å². The monoisotopic (exact) mass is 356 g/mol. The number of para-hydroxylation sites is 2. The molecule has 2 heterocycles. The predicted molar refractivity (Wildman–Crippen MR) is 75.6 cm³/mol. The van der Waals surface area contributed by atoms with E-state index in [1.54, 1.807) is 6.07 Å².